The average molecular weight is 263 g/mol. The molecule has 0 atom stereocenters. The molecule has 1 fully saturated rings. The maximum Gasteiger partial charge on any atom is 0.356 e. The van der Waals surface area contributed by atoms with Gasteiger partial charge in [0.05, 0.1) is 12.8 Å². The Morgan fingerprint density at radius 2 is 2.26 bits per heavy atom. The molecule has 5 nitrogen and oxygen atoms in total. The van der Waals surface area contributed by atoms with E-state index in [9.17, 15) is 4.79 Å². The first-order valence-electron chi connectivity index (χ1n) is 6.69. The number of nitrogens with two attached hydrogens (primary N) is 1. The van der Waals surface area contributed by atoms with Gasteiger partial charge in [0, 0.05) is 6.54 Å². The quantitative estimate of drug-likeness (QED) is 0.771. The minimum absolute atomic E-state index is 0.277. The first-order chi connectivity index (χ1) is 9.10. The number of nitrogens with one attached hydrogen (secondary N) is 1. The summed E-state index contributed by atoms with van der Waals surface area (Å²) >= 11 is 0. The maximum atomic E-state index is 11.4. The van der Waals surface area contributed by atoms with Crippen LogP contribution in [-0.4, -0.2) is 24.6 Å². The van der Waals surface area contributed by atoms with Crippen molar-refractivity contribution < 1.29 is 9.53 Å². The molecule has 0 spiro atoms. The van der Waals surface area contributed by atoms with Crippen molar-refractivity contribution in [2.45, 2.75) is 32.6 Å². The van der Waals surface area contributed by atoms with E-state index in [4.69, 9.17) is 5.73 Å². The summed E-state index contributed by atoms with van der Waals surface area (Å²) in [4.78, 5) is 15.7. The number of hydrogen-bond donors (Lipinski definition) is 2. The molecule has 0 bridgehead atoms. The van der Waals surface area contributed by atoms with Gasteiger partial charge >= 0.3 is 5.97 Å². The van der Waals surface area contributed by atoms with Crippen LogP contribution in [0.5, 0.6) is 0 Å². The van der Waals surface area contributed by atoms with E-state index < -0.39 is 5.97 Å². The number of carbonyl (C=O) groups is 1. The molecule has 0 radical (unpaired) electrons. The molecule has 19 heavy (non-hydrogen) atoms. The third kappa shape index (κ3) is 3.16. The lowest BCUT2D eigenvalue weighted by Gasteiger charge is -2.16. The molecule has 0 amide bonds. The highest BCUT2D eigenvalue weighted by molar-refractivity contribution is 5.88. The fraction of sp³-hybridized carbons (Fsp3) is 0.571. The summed E-state index contributed by atoms with van der Waals surface area (Å²) in [6.07, 6.45) is 4.91. The number of esters is 1. The molecular formula is C14H21N3O2. The van der Waals surface area contributed by atoms with Crippen molar-refractivity contribution >= 4 is 17.5 Å². The fourth-order valence-corrected chi connectivity index (χ4v) is 2.32. The molecule has 0 aromatic carbocycles. The number of rotatable bonds is 6. The normalized spacial score (nSPS) is 15.9. The molecule has 0 aliphatic heterocycles. The Morgan fingerprint density at radius 1 is 1.53 bits per heavy atom. The molecule has 1 aliphatic carbocycles. The standard InChI is InChI=1S/C14H21N3O2/c1-3-6-14(7-8-14)9-16-12-10(15)4-5-11(17-12)13(18)19-2/h4-5H,3,6-9,15H2,1-2H3,(H,16,17). The zero-order valence-electron chi connectivity index (χ0n) is 11.5. The third-order valence-electron chi connectivity index (χ3n) is 3.69. The molecule has 104 valence electrons. The van der Waals surface area contributed by atoms with Crippen LogP contribution >= 0.6 is 0 Å². The first kappa shape index (κ1) is 13.6. The van der Waals surface area contributed by atoms with Crippen LogP contribution in [0.4, 0.5) is 11.5 Å². The lowest BCUT2D eigenvalue weighted by atomic mass is 10.0. The van der Waals surface area contributed by atoms with Crippen molar-refractivity contribution in [3.8, 4) is 0 Å². The Bertz CT molecular complexity index is 470. The number of ether oxygens (including phenoxy) is 1. The van der Waals surface area contributed by atoms with Crippen molar-refractivity contribution in [2.75, 3.05) is 24.7 Å². The highest BCUT2D eigenvalue weighted by Gasteiger charge is 2.41. The van der Waals surface area contributed by atoms with Gasteiger partial charge in [0.15, 0.2) is 5.69 Å². The summed E-state index contributed by atoms with van der Waals surface area (Å²) < 4.78 is 4.66. The molecular weight excluding hydrogens is 242 g/mol. The summed E-state index contributed by atoms with van der Waals surface area (Å²) in [6, 6.07) is 3.26. The van der Waals surface area contributed by atoms with Gasteiger partial charge in [-0.25, -0.2) is 9.78 Å². The predicted molar refractivity (Wildman–Crippen MR) is 75.1 cm³/mol. The maximum absolute atomic E-state index is 11.4. The van der Waals surface area contributed by atoms with Gasteiger partial charge in [0.1, 0.15) is 5.82 Å². The smallest absolute Gasteiger partial charge is 0.356 e. The number of hydrogen-bond acceptors (Lipinski definition) is 5. The Labute approximate surface area is 113 Å². The SMILES string of the molecule is CCCC1(CNc2nc(C(=O)OC)ccc2N)CC1. The zero-order chi connectivity index (χ0) is 13.9. The van der Waals surface area contributed by atoms with Gasteiger partial charge in [-0.2, -0.15) is 0 Å². The van der Waals surface area contributed by atoms with Gasteiger partial charge in [0.2, 0.25) is 0 Å². The van der Waals surface area contributed by atoms with Crippen LogP contribution in [0.25, 0.3) is 0 Å². The highest BCUT2D eigenvalue weighted by Crippen LogP contribution is 2.49. The van der Waals surface area contributed by atoms with Gasteiger partial charge in [-0.05, 0) is 36.8 Å². The molecule has 1 aromatic rings. The Balaban J connectivity index is 2.05. The number of pyridine rings is 1. The van der Waals surface area contributed by atoms with Crippen molar-refractivity contribution in [2.24, 2.45) is 5.41 Å². The average Bonchev–Trinajstić information content (AvgIpc) is 3.17. The summed E-state index contributed by atoms with van der Waals surface area (Å²) in [7, 11) is 1.34. The minimum atomic E-state index is -0.447. The summed E-state index contributed by atoms with van der Waals surface area (Å²) in [5, 5.41) is 3.28. The van der Waals surface area contributed by atoms with Gasteiger partial charge < -0.3 is 15.8 Å². The minimum Gasteiger partial charge on any atom is -0.464 e. The van der Waals surface area contributed by atoms with Crippen LogP contribution in [0.2, 0.25) is 0 Å². The molecule has 3 N–H and O–H groups in total. The molecule has 1 saturated carbocycles. The largest absolute Gasteiger partial charge is 0.464 e. The zero-order valence-corrected chi connectivity index (χ0v) is 11.5. The summed E-state index contributed by atoms with van der Waals surface area (Å²) in [5.41, 5.74) is 7.12. The van der Waals surface area contributed by atoms with Gasteiger partial charge in [-0.15, -0.1) is 0 Å². The number of methoxy groups -OCH3 is 1. The van der Waals surface area contributed by atoms with Crippen LogP contribution in [0.3, 0.4) is 0 Å². The highest BCUT2D eigenvalue weighted by atomic mass is 16.5. The molecule has 2 rings (SSSR count). The second-order valence-electron chi connectivity index (χ2n) is 5.23. The summed E-state index contributed by atoms with van der Waals surface area (Å²) in [6.45, 7) is 3.06. The number of anilines is 2. The molecule has 0 unspecified atom stereocenters. The van der Waals surface area contributed by atoms with Gasteiger partial charge in [-0.3, -0.25) is 0 Å². The van der Waals surface area contributed by atoms with Crippen LogP contribution in [-0.2, 0) is 4.74 Å². The van der Waals surface area contributed by atoms with Crippen LogP contribution in [0, 0.1) is 5.41 Å². The lowest BCUT2D eigenvalue weighted by molar-refractivity contribution is 0.0594. The van der Waals surface area contributed by atoms with Crippen molar-refractivity contribution in [3.63, 3.8) is 0 Å². The van der Waals surface area contributed by atoms with E-state index in [2.05, 4.69) is 22.0 Å². The second-order valence-corrected chi connectivity index (χ2v) is 5.23. The number of nitrogens with zero attached hydrogens (tertiary/aromatic N) is 1. The van der Waals surface area contributed by atoms with Crippen molar-refractivity contribution in [1.29, 1.82) is 0 Å². The van der Waals surface area contributed by atoms with E-state index in [1.165, 1.54) is 32.8 Å². The van der Waals surface area contributed by atoms with E-state index in [-0.39, 0.29) is 5.69 Å². The first-order valence-corrected chi connectivity index (χ1v) is 6.69. The van der Waals surface area contributed by atoms with Crippen LogP contribution in [0.1, 0.15) is 43.1 Å². The van der Waals surface area contributed by atoms with E-state index in [1.54, 1.807) is 12.1 Å². The van der Waals surface area contributed by atoms with Crippen LogP contribution in [0.15, 0.2) is 12.1 Å². The predicted octanol–water partition coefficient (Wildman–Crippen LogP) is 2.44. The van der Waals surface area contributed by atoms with E-state index in [1.807, 2.05) is 0 Å². The Morgan fingerprint density at radius 3 is 2.84 bits per heavy atom. The van der Waals surface area contributed by atoms with Crippen LogP contribution < -0.4 is 11.1 Å². The molecule has 1 aliphatic rings. The molecule has 5 heteroatoms. The number of nitrogen functional groups attached to an aromatic ring is 1. The number of aromatic nitrogens is 1. The number of carbonyl (C=O) groups excluding carboxylic acids is 1. The third-order valence-corrected chi connectivity index (χ3v) is 3.69. The topological polar surface area (TPSA) is 77.2 Å². The van der Waals surface area contributed by atoms with Crippen molar-refractivity contribution in [1.82, 2.24) is 4.98 Å². The molecule has 1 heterocycles. The van der Waals surface area contributed by atoms with E-state index in [0.717, 1.165) is 6.54 Å². The van der Waals surface area contributed by atoms with Gasteiger partial charge in [0.25, 0.3) is 0 Å². The Hall–Kier alpha value is -1.78. The molecule has 1 aromatic heterocycles. The van der Waals surface area contributed by atoms with Gasteiger partial charge in [-0.1, -0.05) is 13.3 Å². The second kappa shape index (κ2) is 5.47. The Kier molecular flexibility index (Phi) is 3.93. The summed E-state index contributed by atoms with van der Waals surface area (Å²) in [5.74, 6) is 0.128. The van der Waals surface area contributed by atoms with E-state index in [0.29, 0.717) is 16.9 Å². The monoisotopic (exact) mass is 263 g/mol. The lowest BCUT2D eigenvalue weighted by Crippen LogP contribution is -2.18. The fourth-order valence-electron chi connectivity index (χ4n) is 2.32. The van der Waals surface area contributed by atoms with E-state index >= 15 is 0 Å². The molecule has 0 saturated heterocycles. The van der Waals surface area contributed by atoms with Crippen molar-refractivity contribution in [3.05, 3.63) is 17.8 Å².